The smallest absolute Gasteiger partial charge is 0.293 e. The van der Waals surface area contributed by atoms with Gasteiger partial charge in [-0.1, -0.05) is 23.7 Å². The van der Waals surface area contributed by atoms with Gasteiger partial charge in [0.2, 0.25) is 5.82 Å². The molecule has 8 heteroatoms. The van der Waals surface area contributed by atoms with Gasteiger partial charge in [-0.15, -0.1) is 11.3 Å². The average molecular weight is 410 g/mol. The number of benzene rings is 1. The van der Waals surface area contributed by atoms with Crippen LogP contribution in [-0.4, -0.2) is 21.4 Å². The highest BCUT2D eigenvalue weighted by molar-refractivity contribution is 7.15. The van der Waals surface area contributed by atoms with E-state index >= 15 is 0 Å². The second-order valence-corrected chi connectivity index (χ2v) is 8.00. The molecule has 0 fully saturated rings. The maximum absolute atomic E-state index is 12.7. The van der Waals surface area contributed by atoms with E-state index in [0.29, 0.717) is 30.2 Å². The van der Waals surface area contributed by atoms with Crippen LogP contribution in [-0.2, 0) is 25.7 Å². The van der Waals surface area contributed by atoms with E-state index in [1.54, 1.807) is 11.3 Å². The number of alkyl halides is 3. The predicted molar refractivity (Wildman–Crippen MR) is 99.6 cm³/mol. The van der Waals surface area contributed by atoms with Gasteiger partial charge in [-0.05, 0) is 29.8 Å². The lowest BCUT2D eigenvalue weighted by Gasteiger charge is -2.27. The van der Waals surface area contributed by atoms with Crippen molar-refractivity contribution in [3.05, 3.63) is 69.6 Å². The summed E-state index contributed by atoms with van der Waals surface area (Å²) >= 11 is 7.64. The van der Waals surface area contributed by atoms with Crippen molar-refractivity contribution < 1.29 is 13.2 Å². The Morgan fingerprint density at radius 1 is 1.11 bits per heavy atom. The Morgan fingerprint density at radius 2 is 1.89 bits per heavy atom. The molecule has 3 nitrogen and oxygen atoms in total. The molecular formula is C19H15ClF3N3S. The van der Waals surface area contributed by atoms with Crippen molar-refractivity contribution in [1.82, 2.24) is 14.9 Å². The van der Waals surface area contributed by atoms with Gasteiger partial charge in [0.1, 0.15) is 0 Å². The van der Waals surface area contributed by atoms with Crippen LogP contribution in [0.4, 0.5) is 13.2 Å². The minimum atomic E-state index is -4.50. The zero-order valence-corrected chi connectivity index (χ0v) is 15.7. The van der Waals surface area contributed by atoms with E-state index in [9.17, 15) is 13.2 Å². The first-order valence-electron chi connectivity index (χ1n) is 8.37. The van der Waals surface area contributed by atoms with E-state index in [2.05, 4.69) is 27.0 Å². The number of fused-ring (bicyclic) bond motifs is 1. The van der Waals surface area contributed by atoms with Crippen molar-refractivity contribution in [3.8, 4) is 10.4 Å². The molecule has 1 aliphatic heterocycles. The minimum absolute atomic E-state index is 0.496. The summed E-state index contributed by atoms with van der Waals surface area (Å²) in [5.41, 5.74) is 2.39. The Kier molecular flexibility index (Phi) is 4.92. The fraction of sp³-hybridized carbons (Fsp3) is 0.263. The lowest BCUT2D eigenvalue weighted by Crippen LogP contribution is -2.31. The number of nitrogens with zero attached hydrogens (tertiary/aromatic N) is 3. The normalized spacial score (nSPS) is 15.0. The minimum Gasteiger partial charge on any atom is -0.293 e. The van der Waals surface area contributed by atoms with Gasteiger partial charge in [0.25, 0.3) is 0 Å². The standard InChI is InChI=1S/C19H15ClF3N3S/c20-14-3-1-12(2-4-14)17-6-5-15(27-17)11-26-8-7-16-13(10-26)9-24-18(25-16)19(21,22)23/h1-6,9H,7-8,10-11H2. The van der Waals surface area contributed by atoms with Crippen LogP contribution in [0.2, 0.25) is 5.02 Å². The van der Waals surface area contributed by atoms with Gasteiger partial charge in [0.15, 0.2) is 0 Å². The van der Waals surface area contributed by atoms with E-state index in [1.807, 2.05) is 24.3 Å². The molecule has 0 atom stereocenters. The largest absolute Gasteiger partial charge is 0.451 e. The second kappa shape index (κ2) is 7.22. The summed E-state index contributed by atoms with van der Waals surface area (Å²) in [5, 5.41) is 0.707. The van der Waals surface area contributed by atoms with E-state index in [4.69, 9.17) is 11.6 Å². The zero-order chi connectivity index (χ0) is 19.0. The van der Waals surface area contributed by atoms with E-state index < -0.39 is 12.0 Å². The van der Waals surface area contributed by atoms with Crippen LogP contribution in [0.25, 0.3) is 10.4 Å². The predicted octanol–water partition coefficient (Wildman–Crippen LogP) is 5.44. The highest BCUT2D eigenvalue weighted by atomic mass is 35.5. The average Bonchev–Trinajstić information content (AvgIpc) is 3.09. The lowest BCUT2D eigenvalue weighted by atomic mass is 10.1. The van der Waals surface area contributed by atoms with Gasteiger partial charge in [0.05, 0.1) is 5.69 Å². The molecule has 3 heterocycles. The van der Waals surface area contributed by atoms with E-state index in [1.165, 1.54) is 11.1 Å². The molecule has 0 radical (unpaired) electrons. The molecule has 4 rings (SSSR count). The molecule has 0 saturated carbocycles. The molecule has 0 unspecified atom stereocenters. The Balaban J connectivity index is 1.45. The maximum atomic E-state index is 12.7. The third-order valence-electron chi connectivity index (χ3n) is 4.44. The zero-order valence-electron chi connectivity index (χ0n) is 14.1. The monoisotopic (exact) mass is 409 g/mol. The second-order valence-electron chi connectivity index (χ2n) is 6.40. The van der Waals surface area contributed by atoms with E-state index in [-0.39, 0.29) is 0 Å². The van der Waals surface area contributed by atoms with Gasteiger partial charge < -0.3 is 0 Å². The molecule has 0 saturated heterocycles. The molecule has 2 aromatic heterocycles. The third kappa shape index (κ3) is 4.15. The Hall–Kier alpha value is -1.96. The number of aromatic nitrogens is 2. The SMILES string of the molecule is FC(F)(F)c1ncc2c(n1)CCN(Cc1ccc(-c3ccc(Cl)cc3)s1)C2. The number of halogens is 4. The van der Waals surface area contributed by atoms with Crippen LogP contribution in [0.15, 0.2) is 42.6 Å². The number of hydrogen-bond acceptors (Lipinski definition) is 4. The number of hydrogen-bond donors (Lipinski definition) is 0. The van der Waals surface area contributed by atoms with Crippen LogP contribution >= 0.6 is 22.9 Å². The summed E-state index contributed by atoms with van der Waals surface area (Å²) in [6.45, 7) is 1.98. The quantitative estimate of drug-likeness (QED) is 0.577. The van der Waals surface area contributed by atoms with Crippen LogP contribution in [0, 0.1) is 0 Å². The van der Waals surface area contributed by atoms with Crippen molar-refractivity contribution in [2.45, 2.75) is 25.7 Å². The first-order chi connectivity index (χ1) is 12.9. The van der Waals surface area contributed by atoms with Gasteiger partial charge in [-0.3, -0.25) is 4.90 Å². The maximum Gasteiger partial charge on any atom is 0.451 e. The summed E-state index contributed by atoms with van der Waals surface area (Å²) in [5.74, 6) is -1.06. The highest BCUT2D eigenvalue weighted by Crippen LogP contribution is 2.31. The number of rotatable bonds is 3. The van der Waals surface area contributed by atoms with E-state index in [0.717, 1.165) is 22.5 Å². The van der Waals surface area contributed by atoms with Crippen LogP contribution < -0.4 is 0 Å². The van der Waals surface area contributed by atoms with Crippen molar-refractivity contribution in [1.29, 1.82) is 0 Å². The first kappa shape index (κ1) is 18.4. The first-order valence-corrected chi connectivity index (χ1v) is 9.57. The summed E-state index contributed by atoms with van der Waals surface area (Å²) in [6, 6.07) is 11.9. The van der Waals surface area contributed by atoms with Crippen molar-refractivity contribution in [3.63, 3.8) is 0 Å². The topological polar surface area (TPSA) is 29.0 Å². The molecule has 0 aliphatic carbocycles. The molecule has 140 valence electrons. The molecular weight excluding hydrogens is 395 g/mol. The molecule has 0 N–H and O–H groups in total. The Morgan fingerprint density at radius 3 is 2.63 bits per heavy atom. The third-order valence-corrected chi connectivity index (χ3v) is 5.81. The molecule has 0 spiro atoms. The molecule has 1 aromatic carbocycles. The van der Waals surface area contributed by atoms with Crippen molar-refractivity contribution >= 4 is 22.9 Å². The molecule has 1 aliphatic rings. The summed E-state index contributed by atoms with van der Waals surface area (Å²) in [6.07, 6.45) is -2.69. The van der Waals surface area contributed by atoms with Gasteiger partial charge in [0, 0.05) is 52.6 Å². The Labute approximate surface area is 163 Å². The van der Waals surface area contributed by atoms with Crippen LogP contribution in [0.3, 0.4) is 0 Å². The van der Waals surface area contributed by atoms with Gasteiger partial charge in [-0.25, -0.2) is 9.97 Å². The van der Waals surface area contributed by atoms with Gasteiger partial charge >= 0.3 is 6.18 Å². The number of thiophene rings is 1. The summed E-state index contributed by atoms with van der Waals surface area (Å²) in [4.78, 5) is 11.8. The molecule has 0 bridgehead atoms. The Bertz CT molecular complexity index is 954. The fourth-order valence-electron chi connectivity index (χ4n) is 3.10. The summed E-state index contributed by atoms with van der Waals surface area (Å²) < 4.78 is 38.2. The lowest BCUT2D eigenvalue weighted by molar-refractivity contribution is -0.145. The molecule has 0 amide bonds. The molecule has 27 heavy (non-hydrogen) atoms. The van der Waals surface area contributed by atoms with Gasteiger partial charge in [-0.2, -0.15) is 13.2 Å². The van der Waals surface area contributed by atoms with Crippen molar-refractivity contribution in [2.75, 3.05) is 6.54 Å². The fourth-order valence-corrected chi connectivity index (χ4v) is 4.28. The summed E-state index contributed by atoms with van der Waals surface area (Å²) in [7, 11) is 0. The molecule has 3 aromatic rings. The van der Waals surface area contributed by atoms with Crippen LogP contribution in [0.1, 0.15) is 22.0 Å². The van der Waals surface area contributed by atoms with Crippen LogP contribution in [0.5, 0.6) is 0 Å². The van der Waals surface area contributed by atoms with Crippen molar-refractivity contribution in [2.24, 2.45) is 0 Å². The highest BCUT2D eigenvalue weighted by Gasteiger charge is 2.35.